The molecular weight excluding hydrogens is 336 g/mol. The van der Waals surface area contributed by atoms with Crippen LogP contribution in [0.25, 0.3) is 0 Å². The van der Waals surface area contributed by atoms with Crippen LogP contribution < -0.4 is 9.80 Å². The number of hydrogen-bond donors (Lipinski definition) is 0. The van der Waals surface area contributed by atoms with E-state index in [-0.39, 0.29) is 0 Å². The summed E-state index contributed by atoms with van der Waals surface area (Å²) < 4.78 is 0. The highest BCUT2D eigenvalue weighted by Gasteiger charge is 2.26. The Bertz CT molecular complexity index is 710. The maximum absolute atomic E-state index is 5.88. The molecule has 132 valence electrons. The van der Waals surface area contributed by atoms with Crippen LogP contribution in [0.4, 0.5) is 11.8 Å². The van der Waals surface area contributed by atoms with Gasteiger partial charge in [-0.1, -0.05) is 18.0 Å². The Kier molecular flexibility index (Phi) is 4.70. The first-order valence-electron chi connectivity index (χ1n) is 8.98. The molecule has 0 N–H and O–H groups in total. The molecule has 2 aromatic rings. The van der Waals surface area contributed by atoms with Crippen LogP contribution in [0.2, 0.25) is 5.02 Å². The third-order valence-corrected chi connectivity index (χ3v) is 5.65. The number of hydrogen-bond acceptors (Lipinski definition) is 6. The molecule has 0 radical (unpaired) electrons. The standard InChI is InChI=1S/C18H23ClN6/c1-24(18-20-10-14(19)11-21-18)15-5-7-25(8-6-15)17-9-16(22-12-23-17)13-3-2-4-13/h9-13,15H,2-8H2,1H3. The van der Waals surface area contributed by atoms with Crippen molar-refractivity contribution < 1.29 is 0 Å². The molecule has 2 aromatic heterocycles. The van der Waals surface area contributed by atoms with Gasteiger partial charge in [-0.2, -0.15) is 0 Å². The zero-order chi connectivity index (χ0) is 17.2. The number of rotatable bonds is 4. The van der Waals surface area contributed by atoms with Gasteiger partial charge in [0.2, 0.25) is 5.95 Å². The van der Waals surface area contributed by atoms with E-state index in [0.29, 0.717) is 17.0 Å². The van der Waals surface area contributed by atoms with Gasteiger partial charge in [-0.3, -0.25) is 0 Å². The van der Waals surface area contributed by atoms with Gasteiger partial charge in [0, 0.05) is 43.9 Å². The molecule has 25 heavy (non-hydrogen) atoms. The molecule has 6 nitrogen and oxygen atoms in total. The average Bonchev–Trinajstić information content (AvgIpc) is 2.61. The second-order valence-corrected chi connectivity index (χ2v) is 7.40. The topological polar surface area (TPSA) is 58.0 Å². The molecule has 1 saturated heterocycles. The van der Waals surface area contributed by atoms with Gasteiger partial charge >= 0.3 is 0 Å². The number of halogens is 1. The predicted octanol–water partition coefficient (Wildman–Crippen LogP) is 3.29. The molecule has 1 saturated carbocycles. The Morgan fingerprint density at radius 3 is 2.40 bits per heavy atom. The Morgan fingerprint density at radius 2 is 1.76 bits per heavy atom. The highest BCUT2D eigenvalue weighted by Crippen LogP contribution is 2.36. The van der Waals surface area contributed by atoms with Gasteiger partial charge in [0.1, 0.15) is 12.1 Å². The van der Waals surface area contributed by atoms with E-state index in [1.807, 2.05) is 0 Å². The molecule has 1 aliphatic carbocycles. The Balaban J connectivity index is 1.38. The first-order valence-corrected chi connectivity index (χ1v) is 9.36. The molecule has 2 fully saturated rings. The quantitative estimate of drug-likeness (QED) is 0.835. The van der Waals surface area contributed by atoms with Crippen molar-refractivity contribution in [3.8, 4) is 0 Å². The van der Waals surface area contributed by atoms with Crippen molar-refractivity contribution in [1.29, 1.82) is 0 Å². The van der Waals surface area contributed by atoms with Crippen LogP contribution in [0.5, 0.6) is 0 Å². The fraction of sp³-hybridized carbons (Fsp3) is 0.556. The van der Waals surface area contributed by atoms with Crippen LogP contribution in [-0.4, -0.2) is 46.1 Å². The van der Waals surface area contributed by atoms with Crippen LogP contribution in [0.3, 0.4) is 0 Å². The van der Waals surface area contributed by atoms with Crippen molar-refractivity contribution >= 4 is 23.4 Å². The van der Waals surface area contributed by atoms with Gasteiger partial charge in [0.15, 0.2) is 0 Å². The maximum Gasteiger partial charge on any atom is 0.225 e. The Hall–Kier alpha value is -1.95. The molecule has 7 heteroatoms. The van der Waals surface area contributed by atoms with Crippen molar-refractivity contribution in [2.75, 3.05) is 29.9 Å². The zero-order valence-corrected chi connectivity index (χ0v) is 15.2. The maximum atomic E-state index is 5.88. The SMILES string of the molecule is CN(c1ncc(Cl)cn1)C1CCN(c2cc(C3CCC3)ncn2)CC1. The summed E-state index contributed by atoms with van der Waals surface area (Å²) >= 11 is 5.88. The lowest BCUT2D eigenvalue weighted by Crippen LogP contribution is -2.44. The average molecular weight is 359 g/mol. The number of aromatic nitrogens is 4. The first kappa shape index (κ1) is 16.5. The van der Waals surface area contributed by atoms with E-state index in [1.165, 1.54) is 25.0 Å². The van der Waals surface area contributed by atoms with Crippen molar-refractivity contribution in [3.05, 3.63) is 35.5 Å². The van der Waals surface area contributed by atoms with Gasteiger partial charge in [-0.15, -0.1) is 0 Å². The van der Waals surface area contributed by atoms with E-state index in [0.717, 1.165) is 37.7 Å². The molecule has 4 rings (SSSR count). The largest absolute Gasteiger partial charge is 0.356 e. The minimum Gasteiger partial charge on any atom is -0.356 e. The summed E-state index contributed by atoms with van der Waals surface area (Å²) in [6, 6.07) is 2.63. The second kappa shape index (κ2) is 7.12. The molecule has 1 aliphatic heterocycles. The van der Waals surface area contributed by atoms with Crippen LogP contribution in [-0.2, 0) is 0 Å². The van der Waals surface area contributed by atoms with E-state index in [9.17, 15) is 0 Å². The van der Waals surface area contributed by atoms with E-state index in [2.05, 4.69) is 42.8 Å². The molecule has 3 heterocycles. The van der Waals surface area contributed by atoms with Crippen molar-refractivity contribution in [2.24, 2.45) is 0 Å². The molecule has 2 aliphatic rings. The van der Waals surface area contributed by atoms with E-state index in [4.69, 9.17) is 11.6 Å². The molecule has 0 bridgehead atoms. The second-order valence-electron chi connectivity index (χ2n) is 6.96. The third kappa shape index (κ3) is 3.54. The lowest BCUT2D eigenvalue weighted by atomic mass is 9.83. The lowest BCUT2D eigenvalue weighted by Gasteiger charge is -2.37. The lowest BCUT2D eigenvalue weighted by molar-refractivity contribution is 0.410. The predicted molar refractivity (Wildman–Crippen MR) is 99.3 cm³/mol. The molecule has 0 amide bonds. The summed E-state index contributed by atoms with van der Waals surface area (Å²) in [5.74, 6) is 2.45. The van der Waals surface area contributed by atoms with E-state index >= 15 is 0 Å². The van der Waals surface area contributed by atoms with Gasteiger partial charge < -0.3 is 9.80 Å². The van der Waals surface area contributed by atoms with Crippen LogP contribution in [0.1, 0.15) is 43.7 Å². The number of anilines is 2. The fourth-order valence-corrected chi connectivity index (χ4v) is 3.69. The number of nitrogens with zero attached hydrogens (tertiary/aromatic N) is 6. The van der Waals surface area contributed by atoms with Crippen LogP contribution in [0, 0.1) is 0 Å². The number of piperidine rings is 1. The first-order chi connectivity index (χ1) is 12.2. The summed E-state index contributed by atoms with van der Waals surface area (Å²) in [4.78, 5) is 22.2. The molecule has 0 unspecified atom stereocenters. The van der Waals surface area contributed by atoms with Gasteiger partial charge in [0.25, 0.3) is 0 Å². The normalized spacial score (nSPS) is 18.9. The molecule has 0 aromatic carbocycles. The minimum absolute atomic E-state index is 0.436. The summed E-state index contributed by atoms with van der Waals surface area (Å²) in [5.41, 5.74) is 1.21. The summed E-state index contributed by atoms with van der Waals surface area (Å²) in [5, 5.41) is 0.568. The molecular formula is C18H23ClN6. The fourth-order valence-electron chi connectivity index (χ4n) is 3.59. The van der Waals surface area contributed by atoms with Crippen molar-refractivity contribution in [3.63, 3.8) is 0 Å². The zero-order valence-electron chi connectivity index (χ0n) is 14.5. The summed E-state index contributed by atoms with van der Waals surface area (Å²) in [7, 11) is 2.06. The Labute approximate surface area is 153 Å². The summed E-state index contributed by atoms with van der Waals surface area (Å²) in [6.45, 7) is 1.98. The highest BCUT2D eigenvalue weighted by atomic mass is 35.5. The van der Waals surface area contributed by atoms with E-state index < -0.39 is 0 Å². The minimum atomic E-state index is 0.436. The van der Waals surface area contributed by atoms with Gasteiger partial charge in [-0.25, -0.2) is 19.9 Å². The van der Waals surface area contributed by atoms with Crippen molar-refractivity contribution in [1.82, 2.24) is 19.9 Å². The van der Waals surface area contributed by atoms with E-state index in [1.54, 1.807) is 18.7 Å². The van der Waals surface area contributed by atoms with Gasteiger partial charge in [0.05, 0.1) is 17.4 Å². The Morgan fingerprint density at radius 1 is 1.04 bits per heavy atom. The molecule has 0 atom stereocenters. The summed E-state index contributed by atoms with van der Waals surface area (Å²) in [6.07, 6.45) is 11.0. The van der Waals surface area contributed by atoms with Gasteiger partial charge in [-0.05, 0) is 25.7 Å². The third-order valence-electron chi connectivity index (χ3n) is 5.46. The highest BCUT2D eigenvalue weighted by molar-refractivity contribution is 6.30. The van der Waals surface area contributed by atoms with Crippen molar-refractivity contribution in [2.45, 2.75) is 44.1 Å². The molecule has 0 spiro atoms. The monoisotopic (exact) mass is 358 g/mol. The van der Waals surface area contributed by atoms with Crippen LogP contribution >= 0.6 is 11.6 Å². The smallest absolute Gasteiger partial charge is 0.225 e. The van der Waals surface area contributed by atoms with Crippen LogP contribution in [0.15, 0.2) is 24.8 Å².